The van der Waals surface area contributed by atoms with E-state index in [1.165, 1.54) is 23.3 Å². The molecule has 0 aliphatic carbocycles. The quantitative estimate of drug-likeness (QED) is 0.556. The van der Waals surface area contributed by atoms with E-state index in [4.69, 9.17) is 0 Å². The number of aryl methyl sites for hydroxylation is 3. The second-order valence-corrected chi connectivity index (χ2v) is 4.18. The van der Waals surface area contributed by atoms with Crippen LogP contribution in [0.5, 0.6) is 0 Å². The SMILES string of the molecule is Cc1ccc([N+](=O)[O-])cc1.Cc1ccccc1C. The highest BCUT2D eigenvalue weighted by Crippen LogP contribution is 2.10. The van der Waals surface area contributed by atoms with E-state index in [0.717, 1.165) is 5.56 Å². The molecule has 94 valence electrons. The van der Waals surface area contributed by atoms with Crippen molar-refractivity contribution in [3.8, 4) is 0 Å². The summed E-state index contributed by atoms with van der Waals surface area (Å²) in [6.45, 7) is 6.13. The lowest BCUT2D eigenvalue weighted by atomic mass is 10.1. The van der Waals surface area contributed by atoms with Gasteiger partial charge in [-0.15, -0.1) is 0 Å². The Balaban J connectivity index is 0.000000184. The molecular weight excluding hydrogens is 226 g/mol. The lowest BCUT2D eigenvalue weighted by Crippen LogP contribution is -1.86. The molecule has 0 saturated heterocycles. The van der Waals surface area contributed by atoms with Crippen LogP contribution in [0, 0.1) is 30.9 Å². The summed E-state index contributed by atoms with van der Waals surface area (Å²) in [5, 5.41) is 10.1. The molecular formula is C15H17NO2. The lowest BCUT2D eigenvalue weighted by molar-refractivity contribution is -0.384. The van der Waals surface area contributed by atoms with E-state index in [9.17, 15) is 10.1 Å². The normalized spacial score (nSPS) is 9.28. The van der Waals surface area contributed by atoms with E-state index >= 15 is 0 Å². The molecule has 0 heterocycles. The first kappa shape index (κ1) is 13.9. The van der Waals surface area contributed by atoms with Crippen LogP contribution in [0.2, 0.25) is 0 Å². The summed E-state index contributed by atoms with van der Waals surface area (Å²) in [6.07, 6.45) is 0. The van der Waals surface area contributed by atoms with Crippen LogP contribution in [-0.2, 0) is 0 Å². The molecule has 0 amide bonds. The van der Waals surface area contributed by atoms with Crippen molar-refractivity contribution in [1.82, 2.24) is 0 Å². The van der Waals surface area contributed by atoms with E-state index in [1.807, 2.05) is 6.92 Å². The van der Waals surface area contributed by atoms with Gasteiger partial charge in [-0.1, -0.05) is 42.0 Å². The van der Waals surface area contributed by atoms with Gasteiger partial charge in [-0.3, -0.25) is 10.1 Å². The van der Waals surface area contributed by atoms with Crippen molar-refractivity contribution in [2.75, 3.05) is 0 Å². The molecule has 0 saturated carbocycles. The van der Waals surface area contributed by atoms with Gasteiger partial charge in [0.1, 0.15) is 0 Å². The zero-order chi connectivity index (χ0) is 13.5. The zero-order valence-electron chi connectivity index (χ0n) is 10.9. The van der Waals surface area contributed by atoms with Crippen LogP contribution >= 0.6 is 0 Å². The Hall–Kier alpha value is -2.16. The third-order valence-electron chi connectivity index (χ3n) is 2.67. The second kappa shape index (κ2) is 6.55. The van der Waals surface area contributed by atoms with Gasteiger partial charge in [-0.2, -0.15) is 0 Å². The summed E-state index contributed by atoms with van der Waals surface area (Å²) >= 11 is 0. The number of rotatable bonds is 1. The summed E-state index contributed by atoms with van der Waals surface area (Å²) in [5.74, 6) is 0. The number of nitro groups is 1. The minimum absolute atomic E-state index is 0.144. The van der Waals surface area contributed by atoms with Gasteiger partial charge in [0.25, 0.3) is 5.69 Å². The second-order valence-electron chi connectivity index (χ2n) is 4.18. The number of nitro benzene ring substituents is 1. The first-order valence-electron chi connectivity index (χ1n) is 5.74. The van der Waals surface area contributed by atoms with E-state index in [2.05, 4.69) is 38.1 Å². The molecule has 3 nitrogen and oxygen atoms in total. The van der Waals surface area contributed by atoms with Crippen molar-refractivity contribution in [1.29, 1.82) is 0 Å². The molecule has 0 radical (unpaired) electrons. The van der Waals surface area contributed by atoms with Crippen LogP contribution in [0.4, 0.5) is 5.69 Å². The monoisotopic (exact) mass is 243 g/mol. The molecule has 0 fully saturated rings. The zero-order valence-corrected chi connectivity index (χ0v) is 10.9. The highest BCUT2D eigenvalue weighted by atomic mass is 16.6. The Bertz CT molecular complexity index is 497. The highest BCUT2D eigenvalue weighted by Gasteiger charge is 2.00. The van der Waals surface area contributed by atoms with E-state index in [0.29, 0.717) is 0 Å². The Morgan fingerprint density at radius 2 is 1.28 bits per heavy atom. The maximum atomic E-state index is 10.1. The standard InChI is InChI=1S/C8H10.C7H7NO2/c1-7-5-3-4-6-8(7)2;1-6-2-4-7(5-3-6)8(9)10/h3-6H,1-2H3;2-5H,1H3. The fourth-order valence-corrected chi connectivity index (χ4v) is 1.33. The molecule has 0 N–H and O–H groups in total. The molecule has 0 aliphatic heterocycles. The summed E-state index contributed by atoms with van der Waals surface area (Å²) in [6, 6.07) is 14.8. The molecule has 0 spiro atoms. The average Bonchev–Trinajstić information content (AvgIpc) is 2.34. The largest absolute Gasteiger partial charge is 0.269 e. The predicted octanol–water partition coefficient (Wildman–Crippen LogP) is 4.21. The molecule has 3 heteroatoms. The molecule has 0 aromatic heterocycles. The van der Waals surface area contributed by atoms with Gasteiger partial charge in [0.2, 0.25) is 0 Å². The minimum Gasteiger partial charge on any atom is -0.258 e. The van der Waals surface area contributed by atoms with Gasteiger partial charge < -0.3 is 0 Å². The molecule has 0 aliphatic rings. The van der Waals surface area contributed by atoms with Crippen LogP contribution in [-0.4, -0.2) is 4.92 Å². The smallest absolute Gasteiger partial charge is 0.258 e. The summed E-state index contributed by atoms with van der Waals surface area (Å²) in [7, 11) is 0. The average molecular weight is 243 g/mol. The molecule has 2 aromatic rings. The van der Waals surface area contributed by atoms with Crippen LogP contribution in [0.1, 0.15) is 16.7 Å². The van der Waals surface area contributed by atoms with Crippen molar-refractivity contribution >= 4 is 5.69 Å². The van der Waals surface area contributed by atoms with Gasteiger partial charge in [0.15, 0.2) is 0 Å². The Kier molecular flexibility index (Phi) is 5.06. The molecule has 2 aromatic carbocycles. The van der Waals surface area contributed by atoms with Crippen molar-refractivity contribution in [3.05, 3.63) is 75.3 Å². The first-order chi connectivity index (χ1) is 8.50. The third-order valence-corrected chi connectivity index (χ3v) is 2.67. The van der Waals surface area contributed by atoms with Crippen molar-refractivity contribution in [2.45, 2.75) is 20.8 Å². The van der Waals surface area contributed by atoms with E-state index < -0.39 is 4.92 Å². The molecule has 18 heavy (non-hydrogen) atoms. The maximum Gasteiger partial charge on any atom is 0.269 e. The number of benzene rings is 2. The minimum atomic E-state index is -0.403. The fourth-order valence-electron chi connectivity index (χ4n) is 1.33. The molecule has 0 atom stereocenters. The summed E-state index contributed by atoms with van der Waals surface area (Å²) in [5.41, 5.74) is 3.91. The van der Waals surface area contributed by atoms with Crippen molar-refractivity contribution in [2.24, 2.45) is 0 Å². The molecule has 0 unspecified atom stereocenters. The topological polar surface area (TPSA) is 43.1 Å². The third kappa shape index (κ3) is 4.37. The number of hydrogen-bond acceptors (Lipinski definition) is 2. The van der Waals surface area contributed by atoms with Crippen molar-refractivity contribution < 1.29 is 4.92 Å². The number of hydrogen-bond donors (Lipinski definition) is 0. The Morgan fingerprint density at radius 1 is 0.833 bits per heavy atom. The predicted molar refractivity (Wildman–Crippen MR) is 73.7 cm³/mol. The van der Waals surface area contributed by atoms with E-state index in [1.54, 1.807) is 12.1 Å². The van der Waals surface area contributed by atoms with Crippen LogP contribution in [0.15, 0.2) is 48.5 Å². The van der Waals surface area contributed by atoms with Crippen LogP contribution in [0.25, 0.3) is 0 Å². The summed E-state index contributed by atoms with van der Waals surface area (Å²) in [4.78, 5) is 9.71. The molecule has 2 rings (SSSR count). The van der Waals surface area contributed by atoms with Gasteiger partial charge in [-0.05, 0) is 31.9 Å². The lowest BCUT2D eigenvalue weighted by Gasteiger charge is -1.93. The van der Waals surface area contributed by atoms with Gasteiger partial charge in [-0.25, -0.2) is 0 Å². The van der Waals surface area contributed by atoms with Gasteiger partial charge >= 0.3 is 0 Å². The van der Waals surface area contributed by atoms with Crippen molar-refractivity contribution in [3.63, 3.8) is 0 Å². The van der Waals surface area contributed by atoms with Gasteiger partial charge in [0, 0.05) is 12.1 Å². The number of non-ortho nitro benzene ring substituents is 1. The van der Waals surface area contributed by atoms with Crippen LogP contribution < -0.4 is 0 Å². The van der Waals surface area contributed by atoms with Crippen LogP contribution in [0.3, 0.4) is 0 Å². The maximum absolute atomic E-state index is 10.1. The number of nitrogens with zero attached hydrogens (tertiary/aromatic N) is 1. The Morgan fingerprint density at radius 3 is 1.61 bits per heavy atom. The fraction of sp³-hybridized carbons (Fsp3) is 0.200. The van der Waals surface area contributed by atoms with Gasteiger partial charge in [0.05, 0.1) is 4.92 Å². The Labute approximate surface area is 107 Å². The molecule has 0 bridgehead atoms. The van der Waals surface area contributed by atoms with E-state index in [-0.39, 0.29) is 5.69 Å². The first-order valence-corrected chi connectivity index (χ1v) is 5.74. The highest BCUT2D eigenvalue weighted by molar-refractivity contribution is 5.32. The summed E-state index contributed by atoms with van der Waals surface area (Å²) < 4.78 is 0.